The van der Waals surface area contributed by atoms with E-state index in [9.17, 15) is 9.18 Å². The Morgan fingerprint density at radius 1 is 1.57 bits per heavy atom. The zero-order valence-corrected chi connectivity index (χ0v) is 7.70. The third kappa shape index (κ3) is 1.59. The number of ether oxygens (including phenoxy) is 2. The van der Waals surface area contributed by atoms with Crippen molar-refractivity contribution in [1.29, 1.82) is 0 Å². The molecule has 1 aromatic heterocycles. The van der Waals surface area contributed by atoms with Crippen LogP contribution in [0.4, 0.5) is 10.1 Å². The zero-order valence-electron chi connectivity index (χ0n) is 7.70. The van der Waals surface area contributed by atoms with E-state index in [4.69, 9.17) is 10.5 Å². The first-order valence-corrected chi connectivity index (χ1v) is 3.68. The summed E-state index contributed by atoms with van der Waals surface area (Å²) in [5, 5.41) is 0. The van der Waals surface area contributed by atoms with Crippen LogP contribution in [0.5, 0.6) is 5.75 Å². The monoisotopic (exact) mass is 200 g/mol. The third-order valence-corrected chi connectivity index (χ3v) is 1.61. The second kappa shape index (κ2) is 3.91. The molecule has 1 aromatic rings. The maximum Gasteiger partial charge on any atom is 0.360 e. The molecule has 0 aromatic carbocycles. The molecule has 0 bridgehead atoms. The molecule has 0 aliphatic carbocycles. The normalized spacial score (nSPS) is 9.64. The van der Waals surface area contributed by atoms with Gasteiger partial charge in [0.1, 0.15) is 5.69 Å². The number of nitrogen functional groups attached to an aromatic ring is 1. The van der Waals surface area contributed by atoms with E-state index in [2.05, 4.69) is 9.72 Å². The molecule has 0 saturated carbocycles. The Hall–Kier alpha value is -1.85. The average Bonchev–Trinajstić information content (AvgIpc) is 2.20. The highest BCUT2D eigenvalue weighted by molar-refractivity contribution is 5.92. The molecule has 0 unspecified atom stereocenters. The fourth-order valence-corrected chi connectivity index (χ4v) is 0.934. The molecule has 1 heterocycles. The summed E-state index contributed by atoms with van der Waals surface area (Å²) in [6, 6.07) is 0. The first-order valence-electron chi connectivity index (χ1n) is 3.68. The Morgan fingerprint density at radius 3 is 2.71 bits per heavy atom. The molecule has 0 saturated heterocycles. The topological polar surface area (TPSA) is 74.4 Å². The first-order chi connectivity index (χ1) is 6.61. The van der Waals surface area contributed by atoms with Crippen LogP contribution in [0.1, 0.15) is 10.5 Å². The summed E-state index contributed by atoms with van der Waals surface area (Å²) in [7, 11) is 2.45. The van der Waals surface area contributed by atoms with Crippen LogP contribution in [-0.2, 0) is 4.74 Å². The maximum absolute atomic E-state index is 12.9. The lowest BCUT2D eigenvalue weighted by Gasteiger charge is -2.08. The second-order valence-corrected chi connectivity index (χ2v) is 2.39. The van der Waals surface area contributed by atoms with Gasteiger partial charge >= 0.3 is 5.97 Å². The molecule has 0 radical (unpaired) electrons. The van der Waals surface area contributed by atoms with Gasteiger partial charge in [0.2, 0.25) is 0 Å². The summed E-state index contributed by atoms with van der Waals surface area (Å²) >= 11 is 0. The molecule has 5 nitrogen and oxygen atoms in total. The van der Waals surface area contributed by atoms with Crippen molar-refractivity contribution in [3.05, 3.63) is 17.7 Å². The number of carbonyl (C=O) groups is 1. The second-order valence-electron chi connectivity index (χ2n) is 2.39. The lowest BCUT2D eigenvalue weighted by molar-refractivity contribution is 0.0590. The molecular weight excluding hydrogens is 191 g/mol. The van der Waals surface area contributed by atoms with Crippen LogP contribution in [0.25, 0.3) is 0 Å². The van der Waals surface area contributed by atoms with Gasteiger partial charge in [-0.25, -0.2) is 14.2 Å². The number of carbonyl (C=O) groups excluding carboxylic acids is 1. The number of halogens is 1. The van der Waals surface area contributed by atoms with Crippen molar-refractivity contribution in [2.24, 2.45) is 0 Å². The molecule has 6 heteroatoms. The van der Waals surface area contributed by atoms with Crippen molar-refractivity contribution in [3.63, 3.8) is 0 Å². The summed E-state index contributed by atoms with van der Waals surface area (Å²) < 4.78 is 22.1. The lowest BCUT2D eigenvalue weighted by atomic mass is 10.3. The highest BCUT2D eigenvalue weighted by atomic mass is 19.1. The fraction of sp³-hybridized carbons (Fsp3) is 0.250. The number of anilines is 1. The standard InChI is InChI=1S/C8H9FN2O3/c1-13-7-5(10)4(9)3-11-6(7)8(12)14-2/h3H,1-2H3,(H2,10,11). The fourth-order valence-electron chi connectivity index (χ4n) is 0.934. The number of aromatic nitrogens is 1. The van der Waals surface area contributed by atoms with Gasteiger partial charge in [-0.2, -0.15) is 0 Å². The number of rotatable bonds is 2. The Labute approximate surface area is 79.6 Å². The number of hydrogen-bond acceptors (Lipinski definition) is 5. The van der Waals surface area contributed by atoms with Gasteiger partial charge in [-0.05, 0) is 0 Å². The Balaban J connectivity index is 3.31. The predicted molar refractivity (Wildman–Crippen MR) is 46.5 cm³/mol. The number of methoxy groups -OCH3 is 2. The zero-order chi connectivity index (χ0) is 10.7. The highest BCUT2D eigenvalue weighted by Gasteiger charge is 2.19. The number of nitrogens with two attached hydrogens (primary N) is 1. The maximum atomic E-state index is 12.9. The first kappa shape index (κ1) is 10.2. The molecule has 0 aliphatic rings. The molecule has 14 heavy (non-hydrogen) atoms. The van der Waals surface area contributed by atoms with Crippen molar-refractivity contribution in [2.75, 3.05) is 20.0 Å². The lowest BCUT2D eigenvalue weighted by Crippen LogP contribution is -2.09. The molecule has 0 fully saturated rings. The minimum Gasteiger partial charge on any atom is -0.492 e. The van der Waals surface area contributed by atoms with Gasteiger partial charge in [-0.15, -0.1) is 0 Å². The van der Waals surface area contributed by atoms with Gasteiger partial charge < -0.3 is 15.2 Å². The van der Waals surface area contributed by atoms with E-state index in [1.165, 1.54) is 14.2 Å². The van der Waals surface area contributed by atoms with Crippen molar-refractivity contribution < 1.29 is 18.7 Å². The van der Waals surface area contributed by atoms with Crippen LogP contribution < -0.4 is 10.5 Å². The van der Waals surface area contributed by atoms with Crippen molar-refractivity contribution in [3.8, 4) is 5.75 Å². The van der Waals surface area contributed by atoms with Crippen LogP contribution in [0.2, 0.25) is 0 Å². The average molecular weight is 200 g/mol. The summed E-state index contributed by atoms with van der Waals surface area (Å²) in [4.78, 5) is 14.6. The van der Waals surface area contributed by atoms with Crippen LogP contribution in [0, 0.1) is 5.82 Å². The van der Waals surface area contributed by atoms with Gasteiger partial charge in [-0.1, -0.05) is 0 Å². The van der Waals surface area contributed by atoms with Crippen LogP contribution >= 0.6 is 0 Å². The highest BCUT2D eigenvalue weighted by Crippen LogP contribution is 2.27. The Kier molecular flexibility index (Phi) is 2.85. The van der Waals surface area contributed by atoms with E-state index in [1.807, 2.05) is 0 Å². The van der Waals surface area contributed by atoms with E-state index in [0.717, 1.165) is 6.20 Å². The number of hydrogen-bond donors (Lipinski definition) is 1. The molecule has 0 spiro atoms. The molecule has 1 rings (SSSR count). The molecule has 0 aliphatic heterocycles. The van der Waals surface area contributed by atoms with Gasteiger partial charge in [0.15, 0.2) is 17.3 Å². The summed E-state index contributed by atoms with van der Waals surface area (Å²) in [5.41, 5.74) is 4.93. The van der Waals surface area contributed by atoms with Gasteiger partial charge in [0.05, 0.1) is 20.4 Å². The minimum absolute atomic E-state index is 0.114. The third-order valence-electron chi connectivity index (χ3n) is 1.61. The largest absolute Gasteiger partial charge is 0.492 e. The van der Waals surface area contributed by atoms with Crippen LogP contribution in [0.15, 0.2) is 6.20 Å². The molecule has 0 amide bonds. The van der Waals surface area contributed by atoms with Gasteiger partial charge in [0, 0.05) is 0 Å². The quantitative estimate of drug-likeness (QED) is 0.707. The van der Waals surface area contributed by atoms with E-state index in [0.29, 0.717) is 0 Å². The number of nitrogens with zero attached hydrogens (tertiary/aromatic N) is 1. The smallest absolute Gasteiger partial charge is 0.360 e. The molecule has 2 N–H and O–H groups in total. The van der Waals surface area contributed by atoms with E-state index in [1.54, 1.807) is 0 Å². The molecule has 76 valence electrons. The Bertz CT molecular complexity index is 368. The van der Waals surface area contributed by atoms with Gasteiger partial charge in [0.25, 0.3) is 0 Å². The Morgan fingerprint density at radius 2 is 2.21 bits per heavy atom. The SMILES string of the molecule is COC(=O)c1ncc(F)c(N)c1OC. The van der Waals surface area contributed by atoms with Crippen molar-refractivity contribution in [2.45, 2.75) is 0 Å². The van der Waals surface area contributed by atoms with E-state index < -0.39 is 11.8 Å². The summed E-state index contributed by atoms with van der Waals surface area (Å²) in [6.07, 6.45) is 0.837. The summed E-state index contributed by atoms with van der Waals surface area (Å²) in [5.74, 6) is -1.58. The number of esters is 1. The molecule has 0 atom stereocenters. The van der Waals surface area contributed by atoms with E-state index in [-0.39, 0.29) is 17.1 Å². The summed E-state index contributed by atoms with van der Waals surface area (Å²) in [6.45, 7) is 0. The van der Waals surface area contributed by atoms with Crippen LogP contribution in [0.3, 0.4) is 0 Å². The van der Waals surface area contributed by atoms with Crippen LogP contribution in [-0.4, -0.2) is 25.2 Å². The minimum atomic E-state index is -0.741. The van der Waals surface area contributed by atoms with Crippen molar-refractivity contribution in [1.82, 2.24) is 4.98 Å². The van der Waals surface area contributed by atoms with Gasteiger partial charge in [-0.3, -0.25) is 0 Å². The van der Waals surface area contributed by atoms with E-state index >= 15 is 0 Å². The van der Waals surface area contributed by atoms with Crippen molar-refractivity contribution >= 4 is 11.7 Å². The molecular formula is C8H9FN2O3. The number of pyridine rings is 1. The predicted octanol–water partition coefficient (Wildman–Crippen LogP) is 0.598.